The minimum atomic E-state index is -1.18. The smallest absolute Gasteiger partial charge is 0.336 e. The number of aliphatic hydroxyl groups excluding tert-OH is 1. The maximum absolute atomic E-state index is 13.9. The lowest BCUT2D eigenvalue weighted by molar-refractivity contribution is 0.0311. The van der Waals surface area contributed by atoms with Crippen LogP contribution in [0.2, 0.25) is 10.0 Å². The Morgan fingerprint density at radius 2 is 1.52 bits per heavy atom. The number of pyridine rings is 2. The molecule has 0 radical (unpaired) electrons. The number of carbonyl (C=O) groups is 2. The summed E-state index contributed by atoms with van der Waals surface area (Å²) < 4.78 is 1.52. The van der Waals surface area contributed by atoms with Crippen molar-refractivity contribution in [2.45, 2.75) is 25.0 Å². The zero-order chi connectivity index (χ0) is 28.6. The van der Waals surface area contributed by atoms with Crippen LogP contribution in [0.5, 0.6) is 0 Å². The number of carbonyl (C=O) groups excluding carboxylic acids is 1. The highest BCUT2D eigenvalue weighted by Crippen LogP contribution is 2.43. The van der Waals surface area contributed by atoms with Gasteiger partial charge in [-0.3, -0.25) is 14.8 Å². The Kier molecular flexibility index (Phi) is 8.58. The number of aliphatic hydroxyl groups is 1. The number of rotatable bonds is 5. The first-order chi connectivity index (χ1) is 19.1. The second-order valence-corrected chi connectivity index (χ2v) is 12.0. The van der Waals surface area contributed by atoms with Gasteiger partial charge in [0, 0.05) is 78.7 Å². The van der Waals surface area contributed by atoms with Gasteiger partial charge in [-0.2, -0.15) is 0 Å². The minimum Gasteiger partial charge on any atom is -0.478 e. The molecule has 2 unspecified atom stereocenters. The molecule has 2 aromatic carbocycles. The Bertz CT molecular complexity index is 1640. The highest BCUT2D eigenvalue weighted by molar-refractivity contribution is 9.10. The molecule has 1 amide bonds. The number of aromatic nitrogens is 2. The van der Waals surface area contributed by atoms with E-state index >= 15 is 0 Å². The number of hydrogen-bond acceptors (Lipinski definition) is 5. The molecule has 204 valence electrons. The zero-order valence-electron chi connectivity index (χ0n) is 20.7. The first-order valence-electron chi connectivity index (χ1n) is 12.2. The molecule has 40 heavy (non-hydrogen) atoms. The first-order valence-corrected chi connectivity index (χ1v) is 14.5. The largest absolute Gasteiger partial charge is 0.478 e. The van der Waals surface area contributed by atoms with Crippen LogP contribution in [0.15, 0.2) is 76.2 Å². The Morgan fingerprint density at radius 3 is 2.12 bits per heavy atom. The summed E-state index contributed by atoms with van der Waals surface area (Å²) >= 11 is 20.3. The number of aromatic carboxylic acids is 1. The predicted octanol–water partition coefficient (Wildman–Crippen LogP) is 7.68. The van der Waals surface area contributed by atoms with E-state index in [1.54, 1.807) is 54.0 Å². The van der Waals surface area contributed by atoms with Gasteiger partial charge in [-0.25, -0.2) is 4.79 Å². The van der Waals surface area contributed by atoms with E-state index < -0.39 is 18.1 Å². The molecule has 1 aliphatic rings. The Balaban J connectivity index is 1.57. The van der Waals surface area contributed by atoms with Gasteiger partial charge < -0.3 is 15.1 Å². The summed E-state index contributed by atoms with van der Waals surface area (Å²) in [5, 5.41) is 21.2. The maximum Gasteiger partial charge on any atom is 0.336 e. The molecule has 11 heteroatoms. The van der Waals surface area contributed by atoms with Crippen LogP contribution in [0, 0.1) is 0 Å². The highest BCUT2D eigenvalue weighted by Gasteiger charge is 2.37. The van der Waals surface area contributed by atoms with Crippen molar-refractivity contribution in [2.24, 2.45) is 0 Å². The monoisotopic (exact) mass is 703 g/mol. The summed E-state index contributed by atoms with van der Waals surface area (Å²) in [6.45, 7) is 0.206. The second kappa shape index (κ2) is 12.0. The van der Waals surface area contributed by atoms with E-state index in [1.165, 1.54) is 6.07 Å². The molecule has 4 aromatic rings. The van der Waals surface area contributed by atoms with E-state index in [0.29, 0.717) is 33.7 Å². The van der Waals surface area contributed by atoms with Crippen molar-refractivity contribution in [1.82, 2.24) is 14.9 Å². The van der Waals surface area contributed by atoms with Crippen molar-refractivity contribution in [3.05, 3.63) is 103 Å². The third-order valence-corrected chi connectivity index (χ3v) is 8.41. The number of carboxylic acids is 1. The lowest BCUT2D eigenvalue weighted by Gasteiger charge is -2.39. The number of benzene rings is 2. The molecule has 1 fully saturated rings. The molecule has 3 heterocycles. The Labute approximate surface area is 257 Å². The van der Waals surface area contributed by atoms with Crippen LogP contribution < -0.4 is 0 Å². The van der Waals surface area contributed by atoms with Crippen LogP contribution in [-0.2, 0) is 0 Å². The van der Waals surface area contributed by atoms with E-state index in [9.17, 15) is 19.8 Å². The summed E-state index contributed by atoms with van der Waals surface area (Å²) in [4.78, 5) is 36.1. The summed E-state index contributed by atoms with van der Waals surface area (Å²) in [6, 6.07) is 11.0. The molecular formula is C29H21Br2Cl2N3O4. The van der Waals surface area contributed by atoms with E-state index in [-0.39, 0.29) is 35.0 Å². The number of likely N-dealkylation sites (tertiary alicyclic amines) is 1. The third-order valence-electron chi connectivity index (χ3n) is 6.83. The molecule has 2 atom stereocenters. The molecule has 0 aliphatic carbocycles. The van der Waals surface area contributed by atoms with Crippen molar-refractivity contribution >= 4 is 66.9 Å². The van der Waals surface area contributed by atoms with Gasteiger partial charge in [0.15, 0.2) is 0 Å². The first kappa shape index (κ1) is 28.7. The van der Waals surface area contributed by atoms with Crippen LogP contribution in [0.4, 0.5) is 0 Å². The van der Waals surface area contributed by atoms with Crippen molar-refractivity contribution in [3.8, 4) is 22.3 Å². The van der Waals surface area contributed by atoms with Gasteiger partial charge in [0.2, 0.25) is 0 Å². The van der Waals surface area contributed by atoms with Gasteiger partial charge in [0.25, 0.3) is 5.91 Å². The summed E-state index contributed by atoms with van der Waals surface area (Å²) in [6.07, 6.45) is 6.33. The minimum absolute atomic E-state index is 0.0378. The number of carboxylic acid groups (broad SMARTS) is 1. The SMILES string of the molecule is O=C(O)c1ccc(-c2cncc(Br)c2)c(Cl)c1C1CC(O)CCN1C(=O)c1ccc(-c2cncc(Br)c2)c(Cl)c1. The average Bonchev–Trinajstić information content (AvgIpc) is 2.92. The molecule has 1 aliphatic heterocycles. The lowest BCUT2D eigenvalue weighted by atomic mass is 9.87. The number of nitrogens with zero attached hydrogens (tertiary/aromatic N) is 3. The standard InChI is InChI=1S/C29H21Br2Cl2N3O4/c30-18-7-16(11-34-13-18)21-2-1-15(9-24(21)32)28(38)36-6-5-20(37)10-25(36)26-23(29(39)40)4-3-22(27(26)33)17-8-19(31)14-35-12-17/h1-4,7-9,11-14,20,25,37H,5-6,10H2,(H,39,40). The number of hydrogen-bond donors (Lipinski definition) is 2. The van der Waals surface area contributed by atoms with E-state index in [0.717, 1.165) is 14.5 Å². The molecule has 1 saturated heterocycles. The number of piperidine rings is 1. The molecule has 2 N–H and O–H groups in total. The molecule has 5 rings (SSSR count). The highest BCUT2D eigenvalue weighted by atomic mass is 79.9. The van der Waals surface area contributed by atoms with Gasteiger partial charge in [0.1, 0.15) is 0 Å². The Hall–Kier alpha value is -2.82. The summed E-state index contributed by atoms with van der Waals surface area (Å²) in [7, 11) is 0. The average molecular weight is 706 g/mol. The van der Waals surface area contributed by atoms with Crippen LogP contribution in [0.25, 0.3) is 22.3 Å². The van der Waals surface area contributed by atoms with E-state index in [4.69, 9.17) is 23.2 Å². The van der Waals surface area contributed by atoms with Gasteiger partial charge in [-0.05, 0) is 75.0 Å². The zero-order valence-corrected chi connectivity index (χ0v) is 25.4. The molecule has 0 saturated carbocycles. The lowest BCUT2D eigenvalue weighted by Crippen LogP contribution is -2.43. The van der Waals surface area contributed by atoms with Crippen LogP contribution in [0.1, 0.15) is 45.2 Å². The van der Waals surface area contributed by atoms with Gasteiger partial charge in [-0.1, -0.05) is 35.3 Å². The van der Waals surface area contributed by atoms with E-state index in [1.807, 2.05) is 12.1 Å². The molecule has 2 aromatic heterocycles. The van der Waals surface area contributed by atoms with Gasteiger partial charge in [-0.15, -0.1) is 0 Å². The maximum atomic E-state index is 13.9. The van der Waals surface area contributed by atoms with Crippen molar-refractivity contribution in [2.75, 3.05) is 6.54 Å². The van der Waals surface area contributed by atoms with Crippen molar-refractivity contribution in [1.29, 1.82) is 0 Å². The quantitative estimate of drug-likeness (QED) is 0.221. The third kappa shape index (κ3) is 5.80. The second-order valence-electron chi connectivity index (χ2n) is 9.36. The fourth-order valence-corrected chi connectivity index (χ4v) is 6.38. The number of amides is 1. The van der Waals surface area contributed by atoms with Crippen LogP contribution >= 0.6 is 55.1 Å². The van der Waals surface area contributed by atoms with Crippen molar-refractivity contribution < 1.29 is 19.8 Å². The van der Waals surface area contributed by atoms with Crippen LogP contribution in [-0.4, -0.2) is 49.6 Å². The van der Waals surface area contributed by atoms with E-state index in [2.05, 4.69) is 41.8 Å². The van der Waals surface area contributed by atoms with Gasteiger partial charge in [0.05, 0.1) is 22.7 Å². The fraction of sp³-hybridized carbons (Fsp3) is 0.172. The molecule has 0 spiro atoms. The van der Waals surface area contributed by atoms with Crippen molar-refractivity contribution in [3.63, 3.8) is 0 Å². The number of halogens is 4. The Morgan fingerprint density at radius 1 is 0.900 bits per heavy atom. The molecule has 7 nitrogen and oxygen atoms in total. The summed E-state index contributed by atoms with van der Waals surface area (Å²) in [5.41, 5.74) is 3.30. The molecule has 0 bridgehead atoms. The topological polar surface area (TPSA) is 104 Å². The fourth-order valence-electron chi connectivity index (χ4n) is 4.96. The normalized spacial score (nSPS) is 17.1. The molecular weight excluding hydrogens is 685 g/mol. The summed E-state index contributed by atoms with van der Waals surface area (Å²) in [5.74, 6) is -1.53. The predicted molar refractivity (Wildman–Crippen MR) is 161 cm³/mol. The van der Waals surface area contributed by atoms with Crippen LogP contribution in [0.3, 0.4) is 0 Å². The van der Waals surface area contributed by atoms with Gasteiger partial charge >= 0.3 is 5.97 Å².